The zero-order valence-electron chi connectivity index (χ0n) is 9.59. The van der Waals surface area contributed by atoms with E-state index in [0.29, 0.717) is 5.41 Å². The van der Waals surface area contributed by atoms with Crippen LogP contribution in [-0.4, -0.2) is 25.0 Å². The van der Waals surface area contributed by atoms with Crippen LogP contribution in [0.3, 0.4) is 0 Å². The number of piperidine rings is 1. The van der Waals surface area contributed by atoms with E-state index < -0.39 is 0 Å². The average Bonchev–Trinajstić information content (AvgIpc) is 2.04. The first-order valence-electron chi connectivity index (χ1n) is 5.12. The van der Waals surface area contributed by atoms with Gasteiger partial charge in [0.1, 0.15) is 0 Å². The summed E-state index contributed by atoms with van der Waals surface area (Å²) < 4.78 is 0. The molecule has 1 rings (SSSR count). The van der Waals surface area contributed by atoms with Crippen molar-refractivity contribution in [2.24, 2.45) is 11.3 Å². The van der Waals surface area contributed by atoms with Gasteiger partial charge in [0.05, 0.1) is 12.0 Å². The van der Waals surface area contributed by atoms with Crippen molar-refractivity contribution in [3.63, 3.8) is 0 Å². The normalized spacial score (nSPS) is 26.9. The fourth-order valence-electron chi connectivity index (χ4n) is 2.05. The molecule has 0 radical (unpaired) electrons. The van der Waals surface area contributed by atoms with Gasteiger partial charge in [-0.25, -0.2) is 0 Å². The standard InChI is InChI=1S/C9H16N2.C2H6/c1-9(2)4-8(5-10)6-11(3)7-9;1-2/h8H,4,6-7H2,1-3H3;1-2H3. The molecule has 1 aliphatic rings. The van der Waals surface area contributed by atoms with Gasteiger partial charge in [-0.3, -0.25) is 0 Å². The van der Waals surface area contributed by atoms with Crippen LogP contribution >= 0.6 is 0 Å². The lowest BCUT2D eigenvalue weighted by atomic mass is 9.79. The van der Waals surface area contributed by atoms with E-state index in [4.69, 9.17) is 5.26 Å². The molecule has 76 valence electrons. The van der Waals surface area contributed by atoms with Gasteiger partial charge in [-0.1, -0.05) is 27.7 Å². The molecular formula is C11H22N2. The maximum Gasteiger partial charge on any atom is 0.0669 e. The summed E-state index contributed by atoms with van der Waals surface area (Å²) in [6.07, 6.45) is 1.05. The summed E-state index contributed by atoms with van der Waals surface area (Å²) in [4.78, 5) is 2.25. The molecule has 0 bridgehead atoms. The average molecular weight is 182 g/mol. The molecule has 0 aromatic carbocycles. The van der Waals surface area contributed by atoms with E-state index in [9.17, 15) is 0 Å². The van der Waals surface area contributed by atoms with Gasteiger partial charge in [-0.2, -0.15) is 5.26 Å². The highest BCUT2D eigenvalue weighted by atomic mass is 15.1. The van der Waals surface area contributed by atoms with Crippen molar-refractivity contribution in [2.75, 3.05) is 20.1 Å². The monoisotopic (exact) mass is 182 g/mol. The Labute approximate surface area is 82.5 Å². The molecule has 13 heavy (non-hydrogen) atoms. The van der Waals surface area contributed by atoms with Crippen LogP contribution in [-0.2, 0) is 0 Å². The summed E-state index contributed by atoms with van der Waals surface area (Å²) in [6.45, 7) is 10.5. The lowest BCUT2D eigenvalue weighted by Gasteiger charge is -2.38. The Morgan fingerprint density at radius 2 is 1.92 bits per heavy atom. The predicted molar refractivity (Wildman–Crippen MR) is 56.3 cm³/mol. The van der Waals surface area contributed by atoms with Crippen molar-refractivity contribution in [3.05, 3.63) is 0 Å². The van der Waals surface area contributed by atoms with E-state index in [0.717, 1.165) is 19.5 Å². The lowest BCUT2D eigenvalue weighted by Crippen LogP contribution is -2.41. The zero-order valence-corrected chi connectivity index (χ0v) is 9.59. The zero-order chi connectivity index (χ0) is 10.5. The summed E-state index contributed by atoms with van der Waals surface area (Å²) in [6, 6.07) is 2.35. The predicted octanol–water partition coefficient (Wildman–Crippen LogP) is 2.51. The van der Waals surface area contributed by atoms with Crippen molar-refractivity contribution in [1.82, 2.24) is 4.90 Å². The van der Waals surface area contributed by atoms with Crippen LogP contribution in [0.25, 0.3) is 0 Å². The van der Waals surface area contributed by atoms with Gasteiger partial charge in [-0.05, 0) is 18.9 Å². The number of likely N-dealkylation sites (tertiary alicyclic amines) is 1. The first kappa shape index (κ1) is 12.4. The summed E-state index contributed by atoms with van der Waals surface area (Å²) in [5, 5.41) is 8.76. The molecule has 0 aromatic rings. The van der Waals surface area contributed by atoms with Gasteiger partial charge in [0.25, 0.3) is 0 Å². The third-order valence-corrected chi connectivity index (χ3v) is 2.21. The molecule has 0 aliphatic carbocycles. The molecule has 0 N–H and O–H groups in total. The van der Waals surface area contributed by atoms with E-state index in [2.05, 4.69) is 31.9 Å². The van der Waals surface area contributed by atoms with Gasteiger partial charge in [-0.15, -0.1) is 0 Å². The lowest BCUT2D eigenvalue weighted by molar-refractivity contribution is 0.115. The Hall–Kier alpha value is -0.550. The Bertz CT molecular complexity index is 179. The smallest absolute Gasteiger partial charge is 0.0669 e. The van der Waals surface area contributed by atoms with Gasteiger partial charge in [0, 0.05) is 13.1 Å². The van der Waals surface area contributed by atoms with Crippen LogP contribution < -0.4 is 0 Å². The topological polar surface area (TPSA) is 27.0 Å². The quantitative estimate of drug-likeness (QED) is 0.575. The minimum atomic E-state index is 0.240. The van der Waals surface area contributed by atoms with E-state index in [-0.39, 0.29) is 5.92 Å². The van der Waals surface area contributed by atoms with Gasteiger partial charge in [0.2, 0.25) is 0 Å². The van der Waals surface area contributed by atoms with Gasteiger partial charge >= 0.3 is 0 Å². The van der Waals surface area contributed by atoms with E-state index in [1.54, 1.807) is 0 Å². The number of rotatable bonds is 0. The second-order valence-electron chi connectivity index (χ2n) is 4.39. The summed E-state index contributed by atoms with van der Waals surface area (Å²) >= 11 is 0. The molecule has 2 nitrogen and oxygen atoms in total. The molecule has 1 heterocycles. The number of hydrogen-bond acceptors (Lipinski definition) is 2. The molecule has 2 heteroatoms. The maximum atomic E-state index is 8.76. The Morgan fingerprint density at radius 3 is 2.31 bits per heavy atom. The van der Waals surface area contributed by atoms with Crippen molar-refractivity contribution in [1.29, 1.82) is 5.26 Å². The molecule has 1 aliphatic heterocycles. The van der Waals surface area contributed by atoms with E-state index in [1.807, 2.05) is 13.8 Å². The largest absolute Gasteiger partial charge is 0.305 e. The second-order valence-corrected chi connectivity index (χ2v) is 4.39. The minimum Gasteiger partial charge on any atom is -0.305 e. The van der Waals surface area contributed by atoms with Crippen molar-refractivity contribution in [2.45, 2.75) is 34.1 Å². The van der Waals surface area contributed by atoms with Crippen LogP contribution in [0, 0.1) is 22.7 Å². The molecule has 0 saturated carbocycles. The molecular weight excluding hydrogens is 160 g/mol. The molecule has 0 aromatic heterocycles. The highest BCUT2D eigenvalue weighted by Crippen LogP contribution is 2.30. The van der Waals surface area contributed by atoms with Crippen LogP contribution in [0.1, 0.15) is 34.1 Å². The molecule has 1 atom stereocenters. The SMILES string of the molecule is CC.CN1CC(C#N)CC(C)(C)C1. The Morgan fingerprint density at radius 1 is 1.38 bits per heavy atom. The fourth-order valence-corrected chi connectivity index (χ4v) is 2.05. The van der Waals surface area contributed by atoms with Crippen molar-refractivity contribution >= 4 is 0 Å². The van der Waals surface area contributed by atoms with Crippen LogP contribution in [0.4, 0.5) is 0 Å². The Kier molecular flexibility index (Phi) is 5.02. The van der Waals surface area contributed by atoms with Crippen LogP contribution in [0.15, 0.2) is 0 Å². The number of nitrogens with zero attached hydrogens (tertiary/aromatic N) is 2. The summed E-state index contributed by atoms with van der Waals surface area (Å²) in [7, 11) is 2.09. The number of nitriles is 1. The summed E-state index contributed by atoms with van der Waals surface area (Å²) in [5.41, 5.74) is 0.327. The third kappa shape index (κ3) is 4.28. The summed E-state index contributed by atoms with van der Waals surface area (Å²) in [5.74, 6) is 0.240. The minimum absolute atomic E-state index is 0.240. The van der Waals surface area contributed by atoms with E-state index in [1.165, 1.54) is 0 Å². The van der Waals surface area contributed by atoms with Crippen molar-refractivity contribution in [3.8, 4) is 6.07 Å². The maximum absolute atomic E-state index is 8.76. The number of hydrogen-bond donors (Lipinski definition) is 0. The highest BCUT2D eigenvalue weighted by molar-refractivity contribution is 4.93. The fraction of sp³-hybridized carbons (Fsp3) is 0.909. The third-order valence-electron chi connectivity index (χ3n) is 2.21. The highest BCUT2D eigenvalue weighted by Gasteiger charge is 2.30. The van der Waals surface area contributed by atoms with Crippen molar-refractivity contribution < 1.29 is 0 Å². The van der Waals surface area contributed by atoms with Gasteiger partial charge in [0.15, 0.2) is 0 Å². The first-order valence-corrected chi connectivity index (χ1v) is 5.12. The van der Waals surface area contributed by atoms with Gasteiger partial charge < -0.3 is 4.90 Å². The first-order chi connectivity index (χ1) is 6.03. The molecule has 0 spiro atoms. The molecule has 1 fully saturated rings. The second kappa shape index (κ2) is 5.24. The van der Waals surface area contributed by atoms with Crippen LogP contribution in [0.2, 0.25) is 0 Å². The Balaban J connectivity index is 0.000000671. The van der Waals surface area contributed by atoms with E-state index >= 15 is 0 Å². The molecule has 0 amide bonds. The van der Waals surface area contributed by atoms with Crippen LogP contribution in [0.5, 0.6) is 0 Å². The molecule has 1 saturated heterocycles. The molecule has 1 unspecified atom stereocenters.